The van der Waals surface area contributed by atoms with E-state index < -0.39 is 0 Å². The van der Waals surface area contributed by atoms with Gasteiger partial charge >= 0.3 is 0 Å². The first-order valence-corrected chi connectivity index (χ1v) is 5.89. The van der Waals surface area contributed by atoms with E-state index in [1.807, 2.05) is 12.1 Å². The topological polar surface area (TPSA) is 40.5 Å². The van der Waals surface area contributed by atoms with E-state index in [4.69, 9.17) is 11.6 Å². The molecular weight excluding hydrogens is 226 g/mol. The molecule has 0 spiro atoms. The molecule has 2 rings (SSSR count). The van der Waals surface area contributed by atoms with Crippen LogP contribution in [0.3, 0.4) is 0 Å². The lowest BCUT2D eigenvalue weighted by molar-refractivity contribution is -0.128. The van der Waals surface area contributed by atoms with Gasteiger partial charge in [-0.1, -0.05) is 12.1 Å². The lowest BCUT2D eigenvalue weighted by Crippen LogP contribution is -2.34. The molecule has 1 N–H and O–H groups in total. The molecule has 0 radical (unpaired) electrons. The van der Waals surface area contributed by atoms with E-state index in [-0.39, 0.29) is 11.8 Å². The number of nitrogens with zero attached hydrogens (tertiary/aromatic N) is 1. The number of alkyl halides is 1. The average Bonchev–Trinajstić information content (AvgIpc) is 2.51. The smallest absolute Gasteiger partial charge is 0.237 e. The fraction of sp³-hybridized carbons (Fsp3) is 0.417. The predicted molar refractivity (Wildman–Crippen MR) is 62.8 cm³/mol. The molecule has 4 heteroatoms. The molecule has 0 unspecified atom stereocenters. The van der Waals surface area contributed by atoms with Gasteiger partial charge < -0.3 is 10.0 Å². The number of carbonyl (C=O) groups is 1. The average molecular weight is 240 g/mol. The Labute approximate surface area is 99.6 Å². The maximum Gasteiger partial charge on any atom is 0.237 e. The van der Waals surface area contributed by atoms with Crippen LogP contribution in [0.15, 0.2) is 18.2 Å². The third-order valence-corrected chi connectivity index (χ3v) is 3.23. The van der Waals surface area contributed by atoms with Crippen molar-refractivity contribution in [3.8, 4) is 5.75 Å². The number of phenols is 1. The molecule has 1 amide bonds. The number of carbonyl (C=O) groups excluding carboxylic acids is 1. The van der Waals surface area contributed by atoms with Gasteiger partial charge in [0.25, 0.3) is 0 Å². The molecule has 0 aliphatic carbocycles. The van der Waals surface area contributed by atoms with Crippen molar-refractivity contribution in [1.29, 1.82) is 0 Å². The van der Waals surface area contributed by atoms with Crippen LogP contribution in [0, 0.1) is 0 Å². The Morgan fingerprint density at radius 3 is 2.88 bits per heavy atom. The number of rotatable bonds is 1. The van der Waals surface area contributed by atoms with Gasteiger partial charge in [0.05, 0.1) is 0 Å². The molecule has 0 saturated carbocycles. The third kappa shape index (κ3) is 2.14. The fourth-order valence-corrected chi connectivity index (χ4v) is 2.26. The van der Waals surface area contributed by atoms with Gasteiger partial charge in [-0.2, -0.15) is 0 Å². The normalized spacial score (nSPS) is 15.4. The highest BCUT2D eigenvalue weighted by molar-refractivity contribution is 6.27. The summed E-state index contributed by atoms with van der Waals surface area (Å²) >= 11 is 5.54. The minimum atomic E-state index is -0.0334. The number of aromatic hydroxyl groups is 1. The number of hydrogen-bond donors (Lipinski definition) is 1. The molecule has 0 aromatic heterocycles. The minimum Gasteiger partial charge on any atom is -0.508 e. The van der Waals surface area contributed by atoms with Crippen LogP contribution in [0.2, 0.25) is 0 Å². The molecule has 1 aromatic carbocycles. The van der Waals surface area contributed by atoms with Gasteiger partial charge in [0.15, 0.2) is 0 Å². The first kappa shape index (κ1) is 11.3. The zero-order chi connectivity index (χ0) is 11.5. The summed E-state index contributed by atoms with van der Waals surface area (Å²) in [6.45, 7) is 1.32. The summed E-state index contributed by atoms with van der Waals surface area (Å²) in [6.07, 6.45) is 1.48. The Kier molecular flexibility index (Phi) is 3.34. The van der Waals surface area contributed by atoms with Gasteiger partial charge in [-0.25, -0.2) is 0 Å². The monoisotopic (exact) mass is 239 g/mol. The zero-order valence-electron chi connectivity index (χ0n) is 8.95. The fourth-order valence-electron chi connectivity index (χ4n) is 2.09. The van der Waals surface area contributed by atoms with Crippen LogP contribution >= 0.6 is 11.6 Å². The molecule has 16 heavy (non-hydrogen) atoms. The standard InChI is InChI=1S/C12H14ClNO2/c13-8-12(16)14-6-4-9-2-1-3-11(15)10(9)5-7-14/h1-3,15H,4-8H2. The molecule has 86 valence electrons. The lowest BCUT2D eigenvalue weighted by atomic mass is 10.0. The summed E-state index contributed by atoms with van der Waals surface area (Å²) in [6, 6.07) is 5.54. The predicted octanol–water partition coefficient (Wildman–Crippen LogP) is 1.56. The SMILES string of the molecule is O=C(CCl)N1CCc2cccc(O)c2CC1. The van der Waals surface area contributed by atoms with Crippen LogP contribution in [0.5, 0.6) is 5.75 Å². The molecular formula is C12H14ClNO2. The summed E-state index contributed by atoms with van der Waals surface area (Å²) in [4.78, 5) is 13.2. The van der Waals surface area contributed by atoms with E-state index in [1.54, 1.807) is 11.0 Å². The molecule has 1 aliphatic heterocycles. The number of amides is 1. The van der Waals surface area contributed by atoms with E-state index in [1.165, 1.54) is 0 Å². The minimum absolute atomic E-state index is 0.0301. The van der Waals surface area contributed by atoms with Crippen molar-refractivity contribution in [2.75, 3.05) is 19.0 Å². The summed E-state index contributed by atoms with van der Waals surface area (Å²) in [5.41, 5.74) is 2.09. The maximum absolute atomic E-state index is 11.5. The summed E-state index contributed by atoms with van der Waals surface area (Å²) in [7, 11) is 0. The number of phenolic OH excluding ortho intramolecular Hbond substituents is 1. The highest BCUT2D eigenvalue weighted by atomic mass is 35.5. The Hall–Kier alpha value is -1.22. The van der Waals surface area contributed by atoms with Crippen LogP contribution in [0.4, 0.5) is 0 Å². The van der Waals surface area contributed by atoms with Crippen LogP contribution < -0.4 is 0 Å². The lowest BCUT2D eigenvalue weighted by Gasteiger charge is -2.18. The Morgan fingerprint density at radius 2 is 2.12 bits per heavy atom. The molecule has 1 aromatic rings. The first-order valence-electron chi connectivity index (χ1n) is 5.36. The molecule has 1 heterocycles. The highest BCUT2D eigenvalue weighted by Crippen LogP contribution is 2.24. The van der Waals surface area contributed by atoms with Gasteiger partial charge in [-0.15, -0.1) is 11.6 Å². The largest absolute Gasteiger partial charge is 0.508 e. The second kappa shape index (κ2) is 4.74. The van der Waals surface area contributed by atoms with E-state index >= 15 is 0 Å². The third-order valence-electron chi connectivity index (χ3n) is 3.00. The van der Waals surface area contributed by atoms with Crippen molar-refractivity contribution >= 4 is 17.5 Å². The van der Waals surface area contributed by atoms with Crippen molar-refractivity contribution in [1.82, 2.24) is 4.90 Å². The van der Waals surface area contributed by atoms with Crippen LogP contribution in [-0.4, -0.2) is 34.9 Å². The molecule has 3 nitrogen and oxygen atoms in total. The van der Waals surface area contributed by atoms with Crippen LogP contribution in [0.1, 0.15) is 11.1 Å². The van der Waals surface area contributed by atoms with Crippen LogP contribution in [-0.2, 0) is 17.6 Å². The summed E-state index contributed by atoms with van der Waals surface area (Å²) in [5, 5.41) is 9.73. The quantitative estimate of drug-likeness (QED) is 0.756. The van der Waals surface area contributed by atoms with Crippen molar-refractivity contribution < 1.29 is 9.90 Å². The second-order valence-electron chi connectivity index (χ2n) is 3.93. The number of fused-ring (bicyclic) bond motifs is 1. The van der Waals surface area contributed by atoms with Gasteiger partial charge in [0, 0.05) is 13.1 Å². The van der Waals surface area contributed by atoms with E-state index in [0.717, 1.165) is 17.5 Å². The van der Waals surface area contributed by atoms with Gasteiger partial charge in [0.2, 0.25) is 5.91 Å². The molecule has 0 saturated heterocycles. The maximum atomic E-state index is 11.5. The zero-order valence-corrected chi connectivity index (χ0v) is 9.70. The van der Waals surface area contributed by atoms with Crippen molar-refractivity contribution in [3.63, 3.8) is 0 Å². The van der Waals surface area contributed by atoms with E-state index in [9.17, 15) is 9.90 Å². The first-order chi connectivity index (χ1) is 7.72. The number of hydrogen-bond acceptors (Lipinski definition) is 2. The highest BCUT2D eigenvalue weighted by Gasteiger charge is 2.19. The number of benzene rings is 1. The van der Waals surface area contributed by atoms with Gasteiger partial charge in [-0.05, 0) is 30.0 Å². The molecule has 0 bridgehead atoms. The van der Waals surface area contributed by atoms with Gasteiger partial charge in [-0.3, -0.25) is 4.79 Å². The van der Waals surface area contributed by atoms with Crippen LogP contribution in [0.25, 0.3) is 0 Å². The Bertz CT molecular complexity index is 406. The van der Waals surface area contributed by atoms with Gasteiger partial charge in [0.1, 0.15) is 11.6 Å². The summed E-state index contributed by atoms with van der Waals surface area (Å²) < 4.78 is 0. The second-order valence-corrected chi connectivity index (χ2v) is 4.20. The van der Waals surface area contributed by atoms with Crippen molar-refractivity contribution in [2.45, 2.75) is 12.8 Å². The van der Waals surface area contributed by atoms with E-state index in [0.29, 0.717) is 25.3 Å². The van der Waals surface area contributed by atoms with Crippen molar-refractivity contribution in [2.24, 2.45) is 0 Å². The number of halogens is 1. The molecule has 0 atom stereocenters. The summed E-state index contributed by atoms with van der Waals surface area (Å²) in [5.74, 6) is 0.328. The molecule has 0 fully saturated rings. The van der Waals surface area contributed by atoms with E-state index in [2.05, 4.69) is 0 Å². The van der Waals surface area contributed by atoms with Crippen molar-refractivity contribution in [3.05, 3.63) is 29.3 Å². The Balaban J connectivity index is 2.19. The molecule has 1 aliphatic rings. The Morgan fingerprint density at radius 1 is 1.38 bits per heavy atom.